The van der Waals surface area contributed by atoms with E-state index in [0.717, 1.165) is 5.69 Å². The fraction of sp³-hybridized carbons (Fsp3) is 0.500. The van der Waals surface area contributed by atoms with E-state index < -0.39 is 6.10 Å². The molecule has 0 aliphatic rings. The van der Waals surface area contributed by atoms with E-state index >= 15 is 0 Å². The van der Waals surface area contributed by atoms with Gasteiger partial charge in [0.15, 0.2) is 0 Å². The third-order valence-electron chi connectivity index (χ3n) is 1.42. The van der Waals surface area contributed by atoms with E-state index in [0.29, 0.717) is 0 Å². The molecular formula is C6H11N3O. The molecule has 0 amide bonds. The van der Waals surface area contributed by atoms with E-state index in [-0.39, 0.29) is 6.54 Å². The molecule has 0 radical (unpaired) electrons. The van der Waals surface area contributed by atoms with Crippen LogP contribution in [0.4, 0.5) is 0 Å². The SMILES string of the molecule is Cn1cncc1C(O)CN. The molecule has 0 aromatic carbocycles. The molecule has 1 aromatic heterocycles. The van der Waals surface area contributed by atoms with Crippen LogP contribution in [0.25, 0.3) is 0 Å². The summed E-state index contributed by atoms with van der Waals surface area (Å²) >= 11 is 0. The van der Waals surface area contributed by atoms with Crippen LogP contribution >= 0.6 is 0 Å². The Morgan fingerprint density at radius 1 is 1.90 bits per heavy atom. The maximum atomic E-state index is 9.21. The van der Waals surface area contributed by atoms with Crippen LogP contribution in [-0.4, -0.2) is 21.2 Å². The third-order valence-corrected chi connectivity index (χ3v) is 1.42. The van der Waals surface area contributed by atoms with Gasteiger partial charge in [0.05, 0.1) is 18.2 Å². The summed E-state index contributed by atoms with van der Waals surface area (Å²) in [5.74, 6) is 0. The van der Waals surface area contributed by atoms with Crippen LogP contribution < -0.4 is 5.73 Å². The summed E-state index contributed by atoms with van der Waals surface area (Å²) in [6, 6.07) is 0. The minimum Gasteiger partial charge on any atom is -0.385 e. The predicted molar refractivity (Wildman–Crippen MR) is 37.2 cm³/mol. The molecule has 3 N–H and O–H groups in total. The summed E-state index contributed by atoms with van der Waals surface area (Å²) in [4.78, 5) is 3.84. The zero-order chi connectivity index (χ0) is 7.56. The maximum Gasteiger partial charge on any atom is 0.108 e. The van der Waals surface area contributed by atoms with Gasteiger partial charge in [-0.2, -0.15) is 0 Å². The van der Waals surface area contributed by atoms with E-state index in [9.17, 15) is 5.11 Å². The standard InChI is InChI=1S/C6H11N3O/c1-9-4-8-3-5(9)6(10)2-7/h3-4,6,10H,2,7H2,1H3. The zero-order valence-corrected chi connectivity index (χ0v) is 5.86. The van der Waals surface area contributed by atoms with Crippen molar-refractivity contribution < 1.29 is 5.11 Å². The molecule has 10 heavy (non-hydrogen) atoms. The fourth-order valence-corrected chi connectivity index (χ4v) is 0.809. The summed E-state index contributed by atoms with van der Waals surface area (Å²) in [5.41, 5.74) is 5.99. The maximum absolute atomic E-state index is 9.21. The van der Waals surface area contributed by atoms with Gasteiger partial charge in [0.25, 0.3) is 0 Å². The largest absolute Gasteiger partial charge is 0.385 e. The van der Waals surface area contributed by atoms with E-state index in [4.69, 9.17) is 5.73 Å². The number of aliphatic hydroxyl groups is 1. The van der Waals surface area contributed by atoms with E-state index in [1.165, 1.54) is 0 Å². The number of aryl methyl sites for hydroxylation is 1. The number of nitrogens with zero attached hydrogens (tertiary/aromatic N) is 2. The van der Waals surface area contributed by atoms with Gasteiger partial charge in [-0.1, -0.05) is 0 Å². The highest BCUT2D eigenvalue weighted by atomic mass is 16.3. The molecule has 1 unspecified atom stereocenters. The average Bonchev–Trinajstić information content (AvgIpc) is 2.34. The Kier molecular flexibility index (Phi) is 2.03. The van der Waals surface area contributed by atoms with Crippen molar-refractivity contribution in [1.82, 2.24) is 9.55 Å². The molecule has 0 aliphatic heterocycles. The first-order valence-electron chi connectivity index (χ1n) is 3.10. The number of rotatable bonds is 2. The first kappa shape index (κ1) is 7.24. The van der Waals surface area contributed by atoms with Crippen molar-refractivity contribution >= 4 is 0 Å². The Morgan fingerprint density at radius 3 is 3.00 bits per heavy atom. The Labute approximate surface area is 59.3 Å². The number of nitrogens with two attached hydrogens (primary N) is 1. The fourth-order valence-electron chi connectivity index (χ4n) is 0.809. The van der Waals surface area contributed by atoms with Crippen molar-refractivity contribution in [3.63, 3.8) is 0 Å². The summed E-state index contributed by atoms with van der Waals surface area (Å²) in [7, 11) is 1.82. The highest BCUT2D eigenvalue weighted by Crippen LogP contribution is 2.07. The smallest absolute Gasteiger partial charge is 0.108 e. The van der Waals surface area contributed by atoms with Crippen molar-refractivity contribution in [1.29, 1.82) is 0 Å². The monoisotopic (exact) mass is 141 g/mol. The lowest BCUT2D eigenvalue weighted by molar-refractivity contribution is 0.178. The summed E-state index contributed by atoms with van der Waals surface area (Å²) in [6.45, 7) is 0.236. The molecule has 0 saturated heterocycles. The molecule has 1 rings (SSSR count). The van der Waals surface area contributed by atoms with Crippen LogP contribution in [0.5, 0.6) is 0 Å². The van der Waals surface area contributed by atoms with Crippen molar-refractivity contribution in [2.24, 2.45) is 12.8 Å². The molecule has 0 saturated carbocycles. The van der Waals surface area contributed by atoms with Gasteiger partial charge in [-0.05, 0) is 0 Å². The lowest BCUT2D eigenvalue weighted by Gasteiger charge is -2.06. The second-order valence-corrected chi connectivity index (χ2v) is 2.18. The molecule has 56 valence electrons. The van der Waals surface area contributed by atoms with Gasteiger partial charge < -0.3 is 15.4 Å². The molecule has 1 aromatic rings. The first-order valence-corrected chi connectivity index (χ1v) is 3.10. The lowest BCUT2D eigenvalue weighted by atomic mass is 10.3. The van der Waals surface area contributed by atoms with Crippen molar-refractivity contribution in [3.05, 3.63) is 18.2 Å². The van der Waals surface area contributed by atoms with Crippen LogP contribution in [0, 0.1) is 0 Å². The highest BCUT2D eigenvalue weighted by molar-refractivity contribution is 5.01. The van der Waals surface area contributed by atoms with Gasteiger partial charge in [0.1, 0.15) is 6.10 Å². The number of hydrogen-bond acceptors (Lipinski definition) is 3. The molecule has 0 aliphatic carbocycles. The van der Waals surface area contributed by atoms with Gasteiger partial charge in [-0.15, -0.1) is 0 Å². The van der Waals surface area contributed by atoms with Crippen molar-refractivity contribution in [2.75, 3.05) is 6.54 Å². The van der Waals surface area contributed by atoms with Crippen LogP contribution in [0.1, 0.15) is 11.8 Å². The number of aromatic nitrogens is 2. The van der Waals surface area contributed by atoms with Crippen LogP contribution in [0.15, 0.2) is 12.5 Å². The predicted octanol–water partition coefficient (Wildman–Crippen LogP) is -0.588. The lowest BCUT2D eigenvalue weighted by Crippen LogP contribution is -2.14. The van der Waals surface area contributed by atoms with Crippen molar-refractivity contribution in [3.8, 4) is 0 Å². The molecule has 1 atom stereocenters. The molecule has 0 fully saturated rings. The Morgan fingerprint density at radius 2 is 2.60 bits per heavy atom. The number of imidazole rings is 1. The third kappa shape index (κ3) is 1.17. The molecule has 1 heterocycles. The summed E-state index contributed by atoms with van der Waals surface area (Å²) in [6.07, 6.45) is 2.65. The van der Waals surface area contributed by atoms with Crippen LogP contribution in [0.3, 0.4) is 0 Å². The molecular weight excluding hydrogens is 130 g/mol. The zero-order valence-electron chi connectivity index (χ0n) is 5.86. The average molecular weight is 141 g/mol. The van der Waals surface area contributed by atoms with Crippen LogP contribution in [-0.2, 0) is 7.05 Å². The van der Waals surface area contributed by atoms with E-state index in [1.54, 1.807) is 17.1 Å². The Balaban J connectivity index is 2.82. The number of hydrogen-bond donors (Lipinski definition) is 2. The second kappa shape index (κ2) is 2.81. The molecule has 4 heteroatoms. The first-order chi connectivity index (χ1) is 4.75. The van der Waals surface area contributed by atoms with Crippen molar-refractivity contribution in [2.45, 2.75) is 6.10 Å². The van der Waals surface area contributed by atoms with Gasteiger partial charge in [-0.3, -0.25) is 0 Å². The Hall–Kier alpha value is -0.870. The Bertz CT molecular complexity index is 209. The highest BCUT2D eigenvalue weighted by Gasteiger charge is 2.07. The minimum absolute atomic E-state index is 0.236. The van der Waals surface area contributed by atoms with Crippen LogP contribution in [0.2, 0.25) is 0 Å². The summed E-state index contributed by atoms with van der Waals surface area (Å²) in [5, 5.41) is 9.21. The molecule has 0 bridgehead atoms. The second-order valence-electron chi connectivity index (χ2n) is 2.18. The van der Waals surface area contributed by atoms with E-state index in [1.807, 2.05) is 7.05 Å². The molecule has 0 spiro atoms. The topological polar surface area (TPSA) is 64.1 Å². The van der Waals surface area contributed by atoms with Gasteiger partial charge in [0, 0.05) is 13.6 Å². The summed E-state index contributed by atoms with van der Waals surface area (Å²) < 4.78 is 1.75. The quantitative estimate of drug-likeness (QED) is 0.578. The normalized spacial score (nSPS) is 13.5. The van der Waals surface area contributed by atoms with Gasteiger partial charge >= 0.3 is 0 Å². The minimum atomic E-state index is -0.590. The number of aliphatic hydroxyl groups excluding tert-OH is 1. The van der Waals surface area contributed by atoms with E-state index in [2.05, 4.69) is 4.98 Å². The van der Waals surface area contributed by atoms with Gasteiger partial charge in [0.2, 0.25) is 0 Å². The molecule has 4 nitrogen and oxygen atoms in total. The van der Waals surface area contributed by atoms with Gasteiger partial charge in [-0.25, -0.2) is 4.98 Å².